The van der Waals surface area contributed by atoms with Crippen molar-refractivity contribution in [2.75, 3.05) is 41.4 Å². The first-order valence-corrected chi connectivity index (χ1v) is 7.85. The Morgan fingerprint density at radius 1 is 1.36 bits per heavy atom. The van der Waals surface area contributed by atoms with E-state index < -0.39 is 0 Å². The van der Waals surface area contributed by atoms with Crippen LogP contribution in [0.3, 0.4) is 0 Å². The molecule has 0 amide bonds. The minimum atomic E-state index is 0.250. The lowest BCUT2D eigenvalue weighted by molar-refractivity contribution is 0.139. The van der Waals surface area contributed by atoms with E-state index in [-0.39, 0.29) is 5.54 Å². The first-order chi connectivity index (χ1) is 10.4. The highest BCUT2D eigenvalue weighted by Crippen LogP contribution is 2.34. The molecule has 1 aliphatic rings. The Kier molecular flexibility index (Phi) is 5.29. The SMILES string of the molecule is COc1ccnc(CN(C)CC2CCN(C)C2(C)C)c1OC. The maximum Gasteiger partial charge on any atom is 0.183 e. The topological polar surface area (TPSA) is 37.8 Å². The molecule has 1 aromatic rings. The zero-order chi connectivity index (χ0) is 16.3. The number of rotatable bonds is 6. The summed E-state index contributed by atoms with van der Waals surface area (Å²) in [5.41, 5.74) is 1.17. The highest BCUT2D eigenvalue weighted by Gasteiger charge is 2.39. The molecule has 2 heterocycles. The van der Waals surface area contributed by atoms with Gasteiger partial charge in [-0.3, -0.25) is 4.98 Å². The van der Waals surface area contributed by atoms with Gasteiger partial charge in [-0.25, -0.2) is 0 Å². The lowest BCUT2D eigenvalue weighted by Crippen LogP contribution is -2.43. The highest BCUT2D eigenvalue weighted by molar-refractivity contribution is 5.42. The number of pyridine rings is 1. The fraction of sp³-hybridized carbons (Fsp3) is 0.706. The van der Waals surface area contributed by atoms with Gasteiger partial charge >= 0.3 is 0 Å². The number of hydrogen-bond donors (Lipinski definition) is 0. The van der Waals surface area contributed by atoms with Gasteiger partial charge in [0, 0.05) is 30.9 Å². The van der Waals surface area contributed by atoms with Crippen LogP contribution in [0.5, 0.6) is 11.5 Å². The summed E-state index contributed by atoms with van der Waals surface area (Å²) in [5.74, 6) is 2.14. The Morgan fingerprint density at radius 3 is 2.64 bits per heavy atom. The Hall–Kier alpha value is -1.33. The predicted molar refractivity (Wildman–Crippen MR) is 88.5 cm³/mol. The van der Waals surface area contributed by atoms with E-state index in [0.717, 1.165) is 30.3 Å². The van der Waals surface area contributed by atoms with Gasteiger partial charge in [0.15, 0.2) is 11.5 Å². The van der Waals surface area contributed by atoms with Crippen molar-refractivity contribution in [3.63, 3.8) is 0 Å². The van der Waals surface area contributed by atoms with Gasteiger partial charge in [0.2, 0.25) is 0 Å². The molecule has 22 heavy (non-hydrogen) atoms. The molecule has 0 radical (unpaired) electrons. The van der Waals surface area contributed by atoms with Crippen LogP contribution in [0.1, 0.15) is 26.0 Å². The lowest BCUT2D eigenvalue weighted by atomic mass is 9.88. The van der Waals surface area contributed by atoms with Crippen molar-refractivity contribution >= 4 is 0 Å². The summed E-state index contributed by atoms with van der Waals surface area (Å²) in [4.78, 5) is 9.25. The molecule has 1 saturated heterocycles. The fourth-order valence-electron chi connectivity index (χ4n) is 3.28. The normalized spacial score (nSPS) is 21.3. The Balaban J connectivity index is 2.05. The molecular weight excluding hydrogens is 278 g/mol. The van der Waals surface area contributed by atoms with Gasteiger partial charge in [-0.1, -0.05) is 0 Å². The summed E-state index contributed by atoms with van der Waals surface area (Å²) in [5, 5.41) is 0. The standard InChI is InChI=1S/C17H29N3O2/c1-17(2)13(8-10-20(17)4)11-19(3)12-14-16(22-6)15(21-5)7-9-18-14/h7,9,13H,8,10-12H2,1-6H3. The number of ether oxygens (including phenoxy) is 2. The van der Waals surface area contributed by atoms with Crippen LogP contribution in [0.25, 0.3) is 0 Å². The third-order valence-corrected chi connectivity index (χ3v) is 5.11. The molecule has 0 bridgehead atoms. The van der Waals surface area contributed by atoms with Gasteiger partial charge in [0.1, 0.15) is 5.69 Å². The summed E-state index contributed by atoms with van der Waals surface area (Å²) in [7, 11) is 7.68. The van der Waals surface area contributed by atoms with Crippen LogP contribution in [0, 0.1) is 5.92 Å². The first kappa shape index (κ1) is 17.0. The monoisotopic (exact) mass is 307 g/mol. The second kappa shape index (κ2) is 6.84. The van der Waals surface area contributed by atoms with Crippen molar-refractivity contribution < 1.29 is 9.47 Å². The summed E-state index contributed by atoms with van der Waals surface area (Å²) in [6.07, 6.45) is 3.02. The molecule has 0 spiro atoms. The summed E-state index contributed by atoms with van der Waals surface area (Å²) < 4.78 is 10.8. The van der Waals surface area contributed by atoms with Crippen LogP contribution in [0.2, 0.25) is 0 Å². The van der Waals surface area contributed by atoms with Crippen molar-refractivity contribution in [1.29, 1.82) is 0 Å². The molecule has 1 aliphatic heterocycles. The number of methoxy groups -OCH3 is 2. The third kappa shape index (κ3) is 3.36. The quantitative estimate of drug-likeness (QED) is 0.806. The highest BCUT2D eigenvalue weighted by atomic mass is 16.5. The Labute approximate surface area is 134 Å². The van der Waals surface area contributed by atoms with Gasteiger partial charge in [-0.2, -0.15) is 0 Å². The van der Waals surface area contributed by atoms with Crippen LogP contribution in [0.15, 0.2) is 12.3 Å². The second-order valence-electron chi connectivity index (χ2n) is 6.75. The number of aromatic nitrogens is 1. The van der Waals surface area contributed by atoms with Crippen LogP contribution in [-0.4, -0.2) is 61.7 Å². The van der Waals surface area contributed by atoms with E-state index in [1.165, 1.54) is 13.0 Å². The fourth-order valence-corrected chi connectivity index (χ4v) is 3.28. The zero-order valence-corrected chi connectivity index (χ0v) is 14.7. The predicted octanol–water partition coefficient (Wildman–Crippen LogP) is 2.26. The Morgan fingerprint density at radius 2 is 2.09 bits per heavy atom. The third-order valence-electron chi connectivity index (χ3n) is 5.11. The molecule has 5 nitrogen and oxygen atoms in total. The van der Waals surface area contributed by atoms with Gasteiger partial charge in [0.25, 0.3) is 0 Å². The van der Waals surface area contributed by atoms with Crippen LogP contribution < -0.4 is 9.47 Å². The molecule has 1 unspecified atom stereocenters. The second-order valence-corrected chi connectivity index (χ2v) is 6.75. The molecule has 0 saturated carbocycles. The lowest BCUT2D eigenvalue weighted by Gasteiger charge is -2.35. The van der Waals surface area contributed by atoms with E-state index in [1.54, 1.807) is 20.4 Å². The van der Waals surface area contributed by atoms with E-state index in [4.69, 9.17) is 9.47 Å². The molecule has 1 atom stereocenters. The summed E-state index contributed by atoms with van der Waals surface area (Å²) in [6, 6.07) is 1.83. The maximum absolute atomic E-state index is 5.47. The van der Waals surface area contributed by atoms with E-state index in [0.29, 0.717) is 5.92 Å². The van der Waals surface area contributed by atoms with E-state index in [1.807, 2.05) is 6.07 Å². The maximum atomic E-state index is 5.47. The molecule has 0 aliphatic carbocycles. The van der Waals surface area contributed by atoms with Gasteiger partial charge in [-0.05, 0) is 46.8 Å². The first-order valence-electron chi connectivity index (χ1n) is 7.85. The molecule has 2 rings (SSSR count). The Bertz CT molecular complexity index is 505. The minimum Gasteiger partial charge on any atom is -0.493 e. The number of hydrogen-bond acceptors (Lipinski definition) is 5. The van der Waals surface area contributed by atoms with Crippen molar-refractivity contribution in [2.24, 2.45) is 5.92 Å². The van der Waals surface area contributed by atoms with Crippen LogP contribution in [-0.2, 0) is 6.54 Å². The minimum absolute atomic E-state index is 0.250. The van der Waals surface area contributed by atoms with Crippen molar-refractivity contribution in [3.8, 4) is 11.5 Å². The smallest absolute Gasteiger partial charge is 0.183 e. The summed E-state index contributed by atoms with van der Waals surface area (Å²) in [6.45, 7) is 7.66. The zero-order valence-electron chi connectivity index (χ0n) is 14.7. The molecule has 124 valence electrons. The number of nitrogens with zero attached hydrogens (tertiary/aromatic N) is 3. The largest absolute Gasteiger partial charge is 0.493 e. The average Bonchev–Trinajstić information content (AvgIpc) is 2.73. The van der Waals surface area contributed by atoms with Crippen molar-refractivity contribution in [3.05, 3.63) is 18.0 Å². The molecule has 1 fully saturated rings. The molecule has 0 aromatic carbocycles. The van der Waals surface area contributed by atoms with Crippen LogP contribution >= 0.6 is 0 Å². The van der Waals surface area contributed by atoms with Gasteiger partial charge in [-0.15, -0.1) is 0 Å². The molecule has 1 aromatic heterocycles. The van der Waals surface area contributed by atoms with Crippen LogP contribution in [0.4, 0.5) is 0 Å². The van der Waals surface area contributed by atoms with Gasteiger partial charge in [0.05, 0.1) is 14.2 Å². The molecule has 0 N–H and O–H groups in total. The summed E-state index contributed by atoms with van der Waals surface area (Å²) >= 11 is 0. The van der Waals surface area contributed by atoms with E-state index >= 15 is 0 Å². The number of likely N-dealkylation sites (tertiary alicyclic amines) is 1. The molecule has 5 heteroatoms. The van der Waals surface area contributed by atoms with Crippen molar-refractivity contribution in [1.82, 2.24) is 14.8 Å². The molecular formula is C17H29N3O2. The average molecular weight is 307 g/mol. The van der Waals surface area contributed by atoms with Crippen molar-refractivity contribution in [2.45, 2.75) is 32.4 Å². The van der Waals surface area contributed by atoms with E-state index in [9.17, 15) is 0 Å². The van der Waals surface area contributed by atoms with E-state index in [2.05, 4.69) is 42.7 Å². The van der Waals surface area contributed by atoms with Gasteiger partial charge < -0.3 is 19.3 Å².